The van der Waals surface area contributed by atoms with E-state index in [1.165, 1.54) is 31.2 Å². The minimum absolute atomic E-state index is 0.114. The van der Waals surface area contributed by atoms with Crippen molar-refractivity contribution in [3.05, 3.63) is 53.7 Å². The van der Waals surface area contributed by atoms with E-state index < -0.39 is 40.9 Å². The van der Waals surface area contributed by atoms with Crippen molar-refractivity contribution in [2.45, 2.75) is 12.2 Å². The van der Waals surface area contributed by atoms with Gasteiger partial charge in [0.25, 0.3) is 5.91 Å². The normalized spacial score (nSPS) is 17.0. The number of amides is 2. The molecule has 0 spiro atoms. The summed E-state index contributed by atoms with van der Waals surface area (Å²) in [6.07, 6.45) is 0.695. The molecule has 2 amide bonds. The molecule has 1 atom stereocenters. The van der Waals surface area contributed by atoms with Crippen LogP contribution in [0.15, 0.2) is 35.3 Å². The summed E-state index contributed by atoms with van der Waals surface area (Å²) in [4.78, 5) is 28.9. The van der Waals surface area contributed by atoms with Crippen molar-refractivity contribution in [2.75, 3.05) is 6.54 Å². The topological polar surface area (TPSA) is 93.8 Å². The van der Waals surface area contributed by atoms with Crippen LogP contribution in [0.2, 0.25) is 5.15 Å². The average Bonchev–Trinajstić information content (AvgIpc) is 3.20. The Balaban J connectivity index is 1.88. The number of primary amides is 1. The number of hydrogen-bond acceptors (Lipinski definition) is 4. The summed E-state index contributed by atoms with van der Waals surface area (Å²) in [6.45, 7) is 0.114. The molecule has 3 aromatic rings. The largest absolute Gasteiger partial charge is 0.472 e. The minimum atomic E-state index is -4.74. The number of nitrogens with zero attached hydrogens (tertiary/aromatic N) is 3. The monoisotopic (exact) mass is 411 g/mol. The van der Waals surface area contributed by atoms with Gasteiger partial charge in [-0.3, -0.25) is 14.0 Å². The maximum Gasteiger partial charge on any atom is 0.420 e. The van der Waals surface area contributed by atoms with Gasteiger partial charge in [0.1, 0.15) is 11.2 Å². The van der Waals surface area contributed by atoms with Gasteiger partial charge >= 0.3 is 6.18 Å². The van der Waals surface area contributed by atoms with Crippen molar-refractivity contribution >= 4 is 29.1 Å². The molecule has 1 saturated heterocycles. The number of likely N-dealkylation sites (tertiary alicyclic amines) is 1. The summed E-state index contributed by atoms with van der Waals surface area (Å²) in [6, 6.07) is 1.45. The van der Waals surface area contributed by atoms with Crippen molar-refractivity contribution in [3.63, 3.8) is 0 Å². The number of carbonyl (C=O) groups is 2. The molecule has 3 aromatic heterocycles. The second-order valence-electron chi connectivity index (χ2n) is 6.14. The molecule has 1 aliphatic rings. The Bertz CT molecular complexity index is 1090. The summed E-state index contributed by atoms with van der Waals surface area (Å²) in [5.74, 6) is -1.53. The summed E-state index contributed by atoms with van der Waals surface area (Å²) in [7, 11) is 0. The molecule has 0 saturated carbocycles. The molecule has 28 heavy (non-hydrogen) atoms. The van der Waals surface area contributed by atoms with Crippen LogP contribution in [0.1, 0.15) is 16.1 Å². The highest BCUT2D eigenvalue weighted by Gasteiger charge is 2.40. The van der Waals surface area contributed by atoms with Crippen LogP contribution in [-0.2, 0) is 11.0 Å². The summed E-state index contributed by atoms with van der Waals surface area (Å²) in [5.41, 5.74) is 3.80. The van der Waals surface area contributed by atoms with Gasteiger partial charge in [0.2, 0.25) is 5.91 Å². The lowest BCUT2D eigenvalue weighted by molar-refractivity contribution is -0.136. The maximum atomic E-state index is 13.6. The van der Waals surface area contributed by atoms with Crippen molar-refractivity contribution in [1.29, 1.82) is 0 Å². The van der Waals surface area contributed by atoms with Crippen molar-refractivity contribution in [3.8, 4) is 11.1 Å². The average molecular weight is 412 g/mol. The van der Waals surface area contributed by atoms with E-state index in [2.05, 4.69) is 4.98 Å². The van der Waals surface area contributed by atoms with E-state index in [1.807, 2.05) is 0 Å². The van der Waals surface area contributed by atoms with Crippen molar-refractivity contribution in [2.24, 2.45) is 5.73 Å². The number of rotatable bonds is 3. The molecule has 1 unspecified atom stereocenters. The Hall–Kier alpha value is -3.01. The first-order valence-electron chi connectivity index (χ1n) is 7.93. The van der Waals surface area contributed by atoms with Gasteiger partial charge in [0, 0.05) is 30.3 Å². The van der Waals surface area contributed by atoms with E-state index in [0.717, 1.165) is 15.4 Å². The van der Waals surface area contributed by atoms with Crippen molar-refractivity contribution in [1.82, 2.24) is 14.3 Å². The third kappa shape index (κ3) is 2.80. The number of halogens is 4. The number of furan rings is 1. The molecule has 1 aliphatic heterocycles. The summed E-state index contributed by atoms with van der Waals surface area (Å²) < 4.78 is 46.7. The Morgan fingerprint density at radius 2 is 2.07 bits per heavy atom. The first kappa shape index (κ1) is 18.4. The van der Waals surface area contributed by atoms with Crippen LogP contribution in [-0.4, -0.2) is 38.7 Å². The van der Waals surface area contributed by atoms with Gasteiger partial charge in [0.05, 0.1) is 18.1 Å². The number of nitrogens with two attached hydrogens (primary N) is 1. The predicted molar refractivity (Wildman–Crippen MR) is 91.2 cm³/mol. The van der Waals surface area contributed by atoms with E-state index in [-0.39, 0.29) is 17.3 Å². The molecule has 1 fully saturated rings. The molecule has 7 nitrogen and oxygen atoms in total. The van der Waals surface area contributed by atoms with Crippen LogP contribution in [0.5, 0.6) is 0 Å². The number of fused-ring (bicyclic) bond motifs is 1. The predicted octanol–water partition coefficient (Wildman–Crippen LogP) is 2.78. The first-order valence-corrected chi connectivity index (χ1v) is 8.31. The Kier molecular flexibility index (Phi) is 4.11. The number of hydrogen-bond donors (Lipinski definition) is 1. The molecular weight excluding hydrogens is 401 g/mol. The second kappa shape index (κ2) is 6.26. The molecule has 0 aromatic carbocycles. The smallest absolute Gasteiger partial charge is 0.420 e. The van der Waals surface area contributed by atoms with Crippen LogP contribution in [0.3, 0.4) is 0 Å². The van der Waals surface area contributed by atoms with Gasteiger partial charge < -0.3 is 15.1 Å². The zero-order chi connectivity index (χ0) is 20.2. The lowest BCUT2D eigenvalue weighted by Gasteiger charge is -2.37. The van der Waals surface area contributed by atoms with Gasteiger partial charge in [-0.05, 0) is 12.1 Å². The fourth-order valence-electron chi connectivity index (χ4n) is 2.98. The highest BCUT2D eigenvalue weighted by molar-refractivity contribution is 6.33. The molecular formula is C17H11ClF3N4O3. The van der Waals surface area contributed by atoms with Crippen LogP contribution < -0.4 is 5.73 Å². The lowest BCUT2D eigenvalue weighted by Crippen LogP contribution is -2.57. The molecule has 145 valence electrons. The number of imidazole rings is 1. The van der Waals surface area contributed by atoms with Gasteiger partial charge in [0.15, 0.2) is 11.3 Å². The maximum absolute atomic E-state index is 13.6. The molecule has 0 bridgehead atoms. The second-order valence-corrected chi connectivity index (χ2v) is 6.50. The summed E-state index contributed by atoms with van der Waals surface area (Å²) in [5, 5.41) is -0.300. The lowest BCUT2D eigenvalue weighted by atomic mass is 10.0. The third-order valence-electron chi connectivity index (χ3n) is 4.44. The minimum Gasteiger partial charge on any atom is -0.472 e. The van der Waals surface area contributed by atoms with Gasteiger partial charge in [-0.2, -0.15) is 13.2 Å². The van der Waals surface area contributed by atoms with Crippen LogP contribution in [0, 0.1) is 6.42 Å². The van der Waals surface area contributed by atoms with Gasteiger partial charge in [-0.1, -0.05) is 11.6 Å². The van der Waals surface area contributed by atoms with E-state index in [1.54, 1.807) is 0 Å². The molecule has 1 radical (unpaired) electrons. The number of carbonyl (C=O) groups excluding carboxylic acids is 2. The SMILES string of the molecule is NC(=O)C1[CH]CN1C(=O)c1nc2c(C(F)(F)F)cc(-c3ccoc3)cn2c1Cl. The molecule has 11 heteroatoms. The molecule has 4 rings (SSSR count). The Labute approximate surface area is 160 Å². The molecule has 4 heterocycles. The first-order chi connectivity index (χ1) is 13.2. The van der Waals surface area contributed by atoms with E-state index in [4.69, 9.17) is 21.8 Å². The van der Waals surface area contributed by atoms with Gasteiger partial charge in [-0.15, -0.1) is 0 Å². The van der Waals surface area contributed by atoms with Crippen LogP contribution in [0.4, 0.5) is 13.2 Å². The zero-order valence-corrected chi connectivity index (χ0v) is 14.7. The third-order valence-corrected chi connectivity index (χ3v) is 4.80. The zero-order valence-electron chi connectivity index (χ0n) is 13.9. The van der Waals surface area contributed by atoms with Crippen LogP contribution in [0.25, 0.3) is 16.8 Å². The van der Waals surface area contributed by atoms with Crippen LogP contribution >= 0.6 is 11.6 Å². The quantitative estimate of drug-likeness (QED) is 0.717. The summed E-state index contributed by atoms with van der Waals surface area (Å²) >= 11 is 6.20. The molecule has 2 N–H and O–H groups in total. The highest BCUT2D eigenvalue weighted by atomic mass is 35.5. The Morgan fingerprint density at radius 3 is 2.61 bits per heavy atom. The number of aromatic nitrogens is 2. The fourth-order valence-corrected chi connectivity index (χ4v) is 3.23. The number of pyridine rings is 1. The number of alkyl halides is 3. The standard InChI is InChI=1S/C17H11ClF3N4O3/c18-13-12(16(27)24-3-1-11(24)14(22)26)23-15-10(17(19,20)21)5-9(6-25(13)15)8-2-4-28-7-8/h1-2,4-7,11H,3H2,(H2,22,26). The Morgan fingerprint density at radius 1 is 1.32 bits per heavy atom. The van der Waals surface area contributed by atoms with E-state index >= 15 is 0 Å². The molecule has 0 aliphatic carbocycles. The van der Waals surface area contributed by atoms with Crippen molar-refractivity contribution < 1.29 is 27.2 Å². The van der Waals surface area contributed by atoms with E-state index in [0.29, 0.717) is 5.56 Å². The van der Waals surface area contributed by atoms with E-state index in [9.17, 15) is 22.8 Å². The fraction of sp³-hybridized carbons (Fsp3) is 0.176. The van der Waals surface area contributed by atoms with Gasteiger partial charge in [-0.25, -0.2) is 4.98 Å². The highest BCUT2D eigenvalue weighted by Crippen LogP contribution is 2.37.